The van der Waals surface area contributed by atoms with Gasteiger partial charge in [-0.2, -0.15) is 4.99 Å². The van der Waals surface area contributed by atoms with Crippen LogP contribution in [0.25, 0.3) is 0 Å². The van der Waals surface area contributed by atoms with Gasteiger partial charge in [0.1, 0.15) is 5.84 Å². The molecular formula is C19H24N6OS. The number of benzene rings is 1. The van der Waals surface area contributed by atoms with Crippen molar-refractivity contribution >= 4 is 40.7 Å². The van der Waals surface area contributed by atoms with E-state index in [9.17, 15) is 4.79 Å². The van der Waals surface area contributed by atoms with Crippen LogP contribution in [0.2, 0.25) is 0 Å². The number of aryl methyl sites for hydroxylation is 2. The van der Waals surface area contributed by atoms with Crippen LogP contribution in [-0.2, 0) is 11.2 Å². The second-order valence-electron chi connectivity index (χ2n) is 6.52. The van der Waals surface area contributed by atoms with Crippen molar-refractivity contribution in [1.82, 2.24) is 0 Å². The highest BCUT2D eigenvalue weighted by molar-refractivity contribution is 7.99. The standard InChI is InChI=1S/C19H24N6OS/c1-4-13-11-14(10-9-12(13)2)20-16(27-3)8-6-5-7-15-21-18-17(19(26)22-15)23-25-24-18/h9-11,16,20H,4-8H2,1-3H3. The van der Waals surface area contributed by atoms with Crippen molar-refractivity contribution in [3.63, 3.8) is 0 Å². The SMILES string of the molecule is CCc1cc(NC(CCCCC2=NC(=O)C3=NN=NC3=N2)SC)ccc1C. The molecule has 1 amide bonds. The highest BCUT2D eigenvalue weighted by atomic mass is 32.2. The molecule has 27 heavy (non-hydrogen) atoms. The number of amidine groups is 2. The van der Waals surface area contributed by atoms with Crippen molar-refractivity contribution in [2.45, 2.75) is 51.3 Å². The molecular weight excluding hydrogens is 360 g/mol. The number of anilines is 1. The molecule has 0 fully saturated rings. The summed E-state index contributed by atoms with van der Waals surface area (Å²) in [4.78, 5) is 20.1. The third kappa shape index (κ3) is 4.88. The summed E-state index contributed by atoms with van der Waals surface area (Å²) in [5.74, 6) is 0.420. The first-order valence-corrected chi connectivity index (χ1v) is 10.5. The Bertz CT molecular complexity index is 843. The maximum absolute atomic E-state index is 11.8. The Balaban J connectivity index is 1.47. The molecule has 7 nitrogen and oxygen atoms in total. The van der Waals surface area contributed by atoms with E-state index in [1.807, 2.05) is 11.8 Å². The number of aliphatic imine (C=N–C) groups is 2. The number of unbranched alkanes of at least 4 members (excludes halogenated alkanes) is 1. The molecule has 0 aliphatic carbocycles. The van der Waals surface area contributed by atoms with Gasteiger partial charge in [0.2, 0.25) is 11.5 Å². The number of thioether (sulfide) groups is 1. The Morgan fingerprint density at radius 1 is 1.22 bits per heavy atom. The first-order valence-electron chi connectivity index (χ1n) is 9.19. The summed E-state index contributed by atoms with van der Waals surface area (Å²) < 4.78 is 0. The number of carbonyl (C=O) groups excluding carboxylic acids is 1. The molecule has 8 heteroatoms. The van der Waals surface area contributed by atoms with Crippen molar-refractivity contribution in [2.75, 3.05) is 11.6 Å². The summed E-state index contributed by atoms with van der Waals surface area (Å²) in [6, 6.07) is 6.56. The van der Waals surface area contributed by atoms with E-state index in [0.717, 1.165) is 25.7 Å². The average molecular weight is 385 g/mol. The third-order valence-corrected chi connectivity index (χ3v) is 5.55. The van der Waals surface area contributed by atoms with E-state index in [4.69, 9.17) is 0 Å². The van der Waals surface area contributed by atoms with Crippen molar-refractivity contribution in [2.24, 2.45) is 25.4 Å². The van der Waals surface area contributed by atoms with Gasteiger partial charge in [0, 0.05) is 12.1 Å². The molecule has 1 atom stereocenters. The Morgan fingerprint density at radius 3 is 2.85 bits per heavy atom. The number of hydrogen-bond acceptors (Lipinski definition) is 7. The highest BCUT2D eigenvalue weighted by Gasteiger charge is 2.27. The Hall–Kier alpha value is -2.35. The average Bonchev–Trinajstić information content (AvgIpc) is 3.14. The van der Waals surface area contributed by atoms with Gasteiger partial charge in [-0.25, -0.2) is 4.99 Å². The summed E-state index contributed by atoms with van der Waals surface area (Å²) >= 11 is 1.82. The van der Waals surface area contributed by atoms with Crippen LogP contribution in [0.15, 0.2) is 43.6 Å². The number of carbonyl (C=O) groups is 1. The molecule has 0 saturated carbocycles. The first kappa shape index (κ1) is 19.4. The maximum atomic E-state index is 11.8. The number of fused-ring (bicyclic) bond motifs is 1. The molecule has 2 aliphatic heterocycles. The van der Waals surface area contributed by atoms with Crippen LogP contribution in [0, 0.1) is 6.92 Å². The smallest absolute Gasteiger partial charge is 0.303 e. The molecule has 0 spiro atoms. The van der Waals surface area contributed by atoms with Crippen LogP contribution >= 0.6 is 11.8 Å². The number of amides is 1. The fraction of sp³-hybridized carbons (Fsp3) is 0.474. The molecule has 0 bridgehead atoms. The monoisotopic (exact) mass is 384 g/mol. The summed E-state index contributed by atoms with van der Waals surface area (Å²) in [6.07, 6.45) is 6.78. The summed E-state index contributed by atoms with van der Waals surface area (Å²) in [6.45, 7) is 4.33. The van der Waals surface area contributed by atoms with E-state index in [-0.39, 0.29) is 5.71 Å². The maximum Gasteiger partial charge on any atom is 0.303 e. The fourth-order valence-electron chi connectivity index (χ4n) is 3.03. The van der Waals surface area contributed by atoms with Gasteiger partial charge in [0.15, 0.2) is 0 Å². The molecule has 2 aliphatic rings. The lowest BCUT2D eigenvalue weighted by Crippen LogP contribution is -2.25. The molecule has 1 aromatic carbocycles. The highest BCUT2D eigenvalue weighted by Crippen LogP contribution is 2.22. The van der Waals surface area contributed by atoms with Crippen LogP contribution in [-0.4, -0.2) is 34.9 Å². The lowest BCUT2D eigenvalue weighted by molar-refractivity contribution is -0.111. The quantitative estimate of drug-likeness (QED) is 0.506. The molecule has 0 saturated heterocycles. The van der Waals surface area contributed by atoms with E-state index in [2.05, 4.69) is 69.0 Å². The number of rotatable bonds is 9. The topological polar surface area (TPSA) is 90.9 Å². The van der Waals surface area contributed by atoms with Crippen molar-refractivity contribution in [1.29, 1.82) is 0 Å². The molecule has 0 radical (unpaired) electrons. The summed E-state index contributed by atoms with van der Waals surface area (Å²) in [7, 11) is 0. The zero-order chi connectivity index (χ0) is 19.2. The van der Waals surface area contributed by atoms with E-state index in [1.54, 1.807) is 0 Å². The Morgan fingerprint density at radius 2 is 2.07 bits per heavy atom. The molecule has 3 rings (SSSR count). The second kappa shape index (κ2) is 9.03. The van der Waals surface area contributed by atoms with Crippen LogP contribution in [0.4, 0.5) is 5.69 Å². The predicted molar refractivity (Wildman–Crippen MR) is 112 cm³/mol. The van der Waals surface area contributed by atoms with Crippen LogP contribution < -0.4 is 5.32 Å². The molecule has 1 unspecified atom stereocenters. The summed E-state index contributed by atoms with van der Waals surface area (Å²) in [5, 5.41) is 14.8. The number of hydrogen-bond donors (Lipinski definition) is 1. The largest absolute Gasteiger partial charge is 0.373 e. The molecule has 142 valence electrons. The minimum absolute atomic E-state index is 0.148. The zero-order valence-corrected chi connectivity index (χ0v) is 16.7. The molecule has 1 N–H and O–H groups in total. The molecule has 2 heterocycles. The molecule has 0 aromatic heterocycles. The molecule has 1 aromatic rings. The summed E-state index contributed by atoms with van der Waals surface area (Å²) in [5.41, 5.74) is 4.04. The van der Waals surface area contributed by atoms with Crippen LogP contribution in [0.5, 0.6) is 0 Å². The van der Waals surface area contributed by atoms with Crippen LogP contribution in [0.3, 0.4) is 0 Å². The first-order chi connectivity index (χ1) is 13.1. The zero-order valence-electron chi connectivity index (χ0n) is 15.9. The number of nitrogens with one attached hydrogen (secondary N) is 1. The van der Waals surface area contributed by atoms with E-state index in [0.29, 0.717) is 23.5 Å². The minimum atomic E-state index is -0.394. The van der Waals surface area contributed by atoms with Crippen molar-refractivity contribution in [3.05, 3.63) is 29.3 Å². The predicted octanol–water partition coefficient (Wildman–Crippen LogP) is 4.38. The lowest BCUT2D eigenvalue weighted by Gasteiger charge is -2.19. The van der Waals surface area contributed by atoms with Gasteiger partial charge in [-0.3, -0.25) is 4.79 Å². The van der Waals surface area contributed by atoms with E-state index < -0.39 is 5.91 Å². The van der Waals surface area contributed by atoms with Gasteiger partial charge in [-0.15, -0.1) is 22.0 Å². The second-order valence-corrected chi connectivity index (χ2v) is 7.56. The normalized spacial score (nSPS) is 16.6. The Kier molecular flexibility index (Phi) is 6.49. The van der Waals surface area contributed by atoms with Gasteiger partial charge >= 0.3 is 5.91 Å². The van der Waals surface area contributed by atoms with Gasteiger partial charge in [0.25, 0.3) is 0 Å². The van der Waals surface area contributed by atoms with Gasteiger partial charge in [-0.1, -0.05) is 19.4 Å². The fourth-order valence-corrected chi connectivity index (χ4v) is 3.69. The van der Waals surface area contributed by atoms with Crippen molar-refractivity contribution < 1.29 is 4.79 Å². The van der Waals surface area contributed by atoms with Crippen molar-refractivity contribution in [3.8, 4) is 0 Å². The third-order valence-electron chi connectivity index (χ3n) is 4.62. The number of nitrogens with zero attached hydrogens (tertiary/aromatic N) is 5. The van der Waals surface area contributed by atoms with Gasteiger partial charge in [0.05, 0.1) is 5.37 Å². The van der Waals surface area contributed by atoms with E-state index in [1.165, 1.54) is 16.8 Å². The lowest BCUT2D eigenvalue weighted by atomic mass is 10.1. The minimum Gasteiger partial charge on any atom is -0.373 e. The van der Waals surface area contributed by atoms with Gasteiger partial charge < -0.3 is 5.32 Å². The van der Waals surface area contributed by atoms with Gasteiger partial charge in [-0.05, 0) is 60.9 Å². The Labute approximate surface area is 163 Å². The van der Waals surface area contributed by atoms with E-state index >= 15 is 0 Å². The van der Waals surface area contributed by atoms with Crippen LogP contribution in [0.1, 0.15) is 43.7 Å².